The maximum Gasteiger partial charge on any atom is 0.316 e. The van der Waals surface area contributed by atoms with Crippen LogP contribution in [0.15, 0.2) is 24.3 Å². The second-order valence-electron chi connectivity index (χ2n) is 7.22. The van der Waals surface area contributed by atoms with Gasteiger partial charge in [0.1, 0.15) is 35.0 Å². The molecule has 0 spiro atoms. The number of aliphatic hydroxyl groups excluding tert-OH is 4. The van der Waals surface area contributed by atoms with E-state index in [1.165, 1.54) is 18.4 Å². The lowest BCUT2D eigenvalue weighted by molar-refractivity contribution is -0.277. The number of urea groups is 1. The van der Waals surface area contributed by atoms with Gasteiger partial charge in [0.25, 0.3) is 5.91 Å². The number of nitrogens with one attached hydrogen (secondary N) is 2. The third-order valence-electron chi connectivity index (χ3n) is 4.97. The van der Waals surface area contributed by atoms with Gasteiger partial charge in [-0.05, 0) is 42.3 Å². The molecular weight excluding hydrogens is 442 g/mol. The SMILES string of the molecule is CNC(=O)c1sc(-c2ccc(O[C@H]3O[C@@H](CO)[C@@H](O)[C@H](O)[C@H]3O)c(C)c2)cc1NC(N)=O. The first-order valence-corrected chi connectivity index (χ1v) is 10.5. The monoisotopic (exact) mass is 467 g/mol. The average molecular weight is 468 g/mol. The predicted octanol–water partition coefficient (Wildman–Crippen LogP) is -0.248. The largest absolute Gasteiger partial charge is 0.462 e. The number of hydrogen-bond acceptors (Lipinski definition) is 9. The Morgan fingerprint density at radius 2 is 1.91 bits per heavy atom. The number of rotatable bonds is 6. The van der Waals surface area contributed by atoms with Gasteiger partial charge < -0.3 is 46.3 Å². The minimum atomic E-state index is -1.55. The van der Waals surface area contributed by atoms with Gasteiger partial charge in [0.15, 0.2) is 0 Å². The lowest BCUT2D eigenvalue weighted by atomic mass is 9.99. The number of aryl methyl sites for hydroxylation is 1. The third kappa shape index (κ3) is 4.85. The van der Waals surface area contributed by atoms with E-state index in [0.29, 0.717) is 21.1 Å². The molecule has 1 aromatic heterocycles. The van der Waals surface area contributed by atoms with Gasteiger partial charge in [-0.15, -0.1) is 11.3 Å². The second kappa shape index (κ2) is 9.81. The van der Waals surface area contributed by atoms with Gasteiger partial charge in [0, 0.05) is 11.9 Å². The highest BCUT2D eigenvalue weighted by Gasteiger charge is 2.44. The molecule has 1 fully saturated rings. The van der Waals surface area contributed by atoms with E-state index >= 15 is 0 Å². The van der Waals surface area contributed by atoms with Crippen LogP contribution in [0.4, 0.5) is 10.5 Å². The van der Waals surface area contributed by atoms with Gasteiger partial charge in [-0.1, -0.05) is 0 Å². The molecule has 0 radical (unpaired) electrons. The van der Waals surface area contributed by atoms with Crippen molar-refractivity contribution in [3.8, 4) is 16.2 Å². The number of benzene rings is 1. The van der Waals surface area contributed by atoms with Crippen molar-refractivity contribution in [1.29, 1.82) is 0 Å². The number of nitrogens with two attached hydrogens (primary N) is 1. The Bertz CT molecular complexity index is 995. The van der Waals surface area contributed by atoms with Gasteiger partial charge in [-0.3, -0.25) is 4.79 Å². The van der Waals surface area contributed by atoms with E-state index in [9.17, 15) is 30.0 Å². The van der Waals surface area contributed by atoms with Crippen molar-refractivity contribution in [2.24, 2.45) is 5.73 Å². The Kier molecular flexibility index (Phi) is 7.33. The van der Waals surface area contributed by atoms with Crippen LogP contribution in [0, 0.1) is 6.92 Å². The fourth-order valence-electron chi connectivity index (χ4n) is 3.27. The van der Waals surface area contributed by atoms with Crippen molar-refractivity contribution < 1.29 is 39.5 Å². The summed E-state index contributed by atoms with van der Waals surface area (Å²) in [7, 11) is 1.48. The minimum Gasteiger partial charge on any atom is -0.462 e. The van der Waals surface area contributed by atoms with Gasteiger partial charge in [0.05, 0.1) is 12.3 Å². The average Bonchev–Trinajstić information content (AvgIpc) is 3.17. The number of carbonyl (C=O) groups is 2. The van der Waals surface area contributed by atoms with Crippen molar-refractivity contribution in [2.45, 2.75) is 37.6 Å². The fraction of sp³-hybridized carbons (Fsp3) is 0.400. The fourth-order valence-corrected chi connectivity index (χ4v) is 4.32. The highest BCUT2D eigenvalue weighted by atomic mass is 32.1. The molecule has 8 N–H and O–H groups in total. The molecule has 11 nitrogen and oxygen atoms in total. The Hall–Kier alpha value is -2.74. The summed E-state index contributed by atoms with van der Waals surface area (Å²) in [6, 6.07) is 5.94. The van der Waals surface area contributed by atoms with Gasteiger partial charge in [0.2, 0.25) is 6.29 Å². The van der Waals surface area contributed by atoms with E-state index in [1.54, 1.807) is 31.2 Å². The van der Waals surface area contributed by atoms with E-state index in [0.717, 1.165) is 5.56 Å². The molecule has 12 heteroatoms. The molecule has 5 atom stereocenters. The highest BCUT2D eigenvalue weighted by Crippen LogP contribution is 2.37. The number of primary amides is 1. The van der Waals surface area contributed by atoms with Crippen LogP contribution in [0.3, 0.4) is 0 Å². The summed E-state index contributed by atoms with van der Waals surface area (Å²) in [5.74, 6) is -0.0269. The van der Waals surface area contributed by atoms with Gasteiger partial charge in [-0.2, -0.15) is 0 Å². The summed E-state index contributed by atoms with van der Waals surface area (Å²) >= 11 is 1.17. The number of aliphatic hydroxyl groups is 4. The quantitative estimate of drug-likeness (QED) is 0.303. The molecule has 0 aliphatic carbocycles. The number of carbonyl (C=O) groups excluding carboxylic acids is 2. The van der Waals surface area contributed by atoms with Crippen LogP contribution in [0.25, 0.3) is 10.4 Å². The Morgan fingerprint density at radius 1 is 1.19 bits per heavy atom. The standard InChI is InChI=1S/C20H25N3O8S/c1-8-5-9(13-6-10(23-20(21)29)17(32-13)18(28)22-2)3-4-11(8)30-19-16(27)15(26)14(25)12(7-24)31-19/h3-6,12,14-16,19,24-27H,7H2,1-2H3,(H,22,28)(H3,21,23,29)/t12-,14+,15-,16+,19-/m0/s1. The summed E-state index contributed by atoms with van der Waals surface area (Å²) in [6.45, 7) is 1.19. The first kappa shape index (κ1) is 23.9. The molecule has 1 aromatic carbocycles. The molecule has 1 saturated heterocycles. The second-order valence-corrected chi connectivity index (χ2v) is 8.27. The predicted molar refractivity (Wildman–Crippen MR) is 115 cm³/mol. The Labute approximate surface area is 187 Å². The zero-order valence-electron chi connectivity index (χ0n) is 17.3. The summed E-state index contributed by atoms with van der Waals surface area (Å²) in [4.78, 5) is 24.4. The number of amides is 3. The van der Waals surface area contributed by atoms with Gasteiger partial charge in [-0.25, -0.2) is 4.79 Å². The number of thiophene rings is 1. The van der Waals surface area contributed by atoms with E-state index in [-0.39, 0.29) is 11.6 Å². The lowest BCUT2D eigenvalue weighted by Crippen LogP contribution is -2.60. The summed E-state index contributed by atoms with van der Waals surface area (Å²) in [5, 5.41) is 44.2. The lowest BCUT2D eigenvalue weighted by Gasteiger charge is -2.39. The van der Waals surface area contributed by atoms with Crippen LogP contribution in [0.1, 0.15) is 15.2 Å². The van der Waals surface area contributed by atoms with E-state index in [1.807, 2.05) is 0 Å². The van der Waals surface area contributed by atoms with E-state index in [2.05, 4.69) is 10.6 Å². The zero-order chi connectivity index (χ0) is 23.6. The van der Waals surface area contributed by atoms with Crippen LogP contribution < -0.4 is 21.1 Å². The van der Waals surface area contributed by atoms with Crippen molar-refractivity contribution in [2.75, 3.05) is 19.0 Å². The van der Waals surface area contributed by atoms with E-state index < -0.39 is 43.3 Å². The smallest absolute Gasteiger partial charge is 0.316 e. The van der Waals surface area contributed by atoms with Crippen molar-refractivity contribution >= 4 is 29.0 Å². The third-order valence-corrected chi connectivity index (χ3v) is 6.16. The van der Waals surface area contributed by atoms with Crippen LogP contribution in [0.2, 0.25) is 0 Å². The first-order valence-electron chi connectivity index (χ1n) is 9.66. The number of hydrogen-bond donors (Lipinski definition) is 7. The maximum absolute atomic E-state index is 12.1. The van der Waals surface area contributed by atoms with Crippen molar-refractivity contribution in [3.05, 3.63) is 34.7 Å². The van der Waals surface area contributed by atoms with E-state index in [4.69, 9.17) is 15.2 Å². The molecular formula is C20H25N3O8S. The molecule has 32 heavy (non-hydrogen) atoms. The molecule has 174 valence electrons. The van der Waals surface area contributed by atoms with Crippen molar-refractivity contribution in [3.63, 3.8) is 0 Å². The number of anilines is 1. The summed E-state index contributed by atoms with van der Waals surface area (Å²) < 4.78 is 11.1. The summed E-state index contributed by atoms with van der Waals surface area (Å²) in [6.07, 6.45) is -6.93. The molecule has 2 aromatic rings. The van der Waals surface area contributed by atoms with Crippen LogP contribution in [0.5, 0.6) is 5.75 Å². The highest BCUT2D eigenvalue weighted by molar-refractivity contribution is 7.18. The molecule has 0 unspecified atom stereocenters. The molecule has 3 amide bonds. The Balaban J connectivity index is 1.85. The van der Waals surface area contributed by atoms with Crippen LogP contribution in [-0.2, 0) is 4.74 Å². The Morgan fingerprint density at radius 3 is 2.50 bits per heavy atom. The molecule has 1 aliphatic rings. The first-order chi connectivity index (χ1) is 15.2. The van der Waals surface area contributed by atoms with Crippen molar-refractivity contribution in [1.82, 2.24) is 5.32 Å². The molecule has 2 heterocycles. The van der Waals surface area contributed by atoms with Gasteiger partial charge >= 0.3 is 6.03 Å². The normalized spacial score (nSPS) is 25.2. The topological polar surface area (TPSA) is 184 Å². The van der Waals surface area contributed by atoms with Crippen LogP contribution >= 0.6 is 11.3 Å². The van der Waals surface area contributed by atoms with Crippen LogP contribution in [-0.4, -0.2) is 76.7 Å². The molecule has 0 saturated carbocycles. The maximum atomic E-state index is 12.1. The molecule has 0 bridgehead atoms. The zero-order valence-corrected chi connectivity index (χ0v) is 18.1. The molecule has 3 rings (SSSR count). The number of ether oxygens (including phenoxy) is 2. The molecule has 1 aliphatic heterocycles. The summed E-state index contributed by atoms with van der Waals surface area (Å²) in [5.41, 5.74) is 6.86. The minimum absolute atomic E-state index is 0.288.